The second-order valence-corrected chi connectivity index (χ2v) is 5.15. The molecule has 21 heavy (non-hydrogen) atoms. The highest BCUT2D eigenvalue weighted by molar-refractivity contribution is 5.95. The van der Waals surface area contributed by atoms with Crippen LogP contribution in [0.1, 0.15) is 47.7 Å². The quantitative estimate of drug-likeness (QED) is 0.930. The number of pyridine rings is 1. The highest BCUT2D eigenvalue weighted by atomic mass is 16.5. The maximum atomic E-state index is 11.6. The number of carbonyl (C=O) groups is 1. The normalized spacial score (nSPS) is 15.3. The topological polar surface area (TPSA) is 85.5 Å². The fourth-order valence-corrected chi connectivity index (χ4v) is 2.81. The molecule has 0 spiro atoms. The Morgan fingerprint density at radius 3 is 2.71 bits per heavy atom. The highest BCUT2D eigenvalue weighted by Crippen LogP contribution is 2.38. The van der Waals surface area contributed by atoms with Crippen LogP contribution in [0.5, 0.6) is 5.88 Å². The predicted molar refractivity (Wildman–Crippen MR) is 74.5 cm³/mol. The monoisotopic (exact) mass is 288 g/mol. The van der Waals surface area contributed by atoms with Crippen LogP contribution in [-0.2, 0) is 0 Å². The maximum Gasteiger partial charge on any atom is 0.341 e. The summed E-state index contributed by atoms with van der Waals surface area (Å²) >= 11 is 0. The summed E-state index contributed by atoms with van der Waals surface area (Å²) in [6.45, 7) is 0. The summed E-state index contributed by atoms with van der Waals surface area (Å²) in [5.74, 6) is 0.105. The zero-order valence-corrected chi connectivity index (χ0v) is 11.7. The molecule has 1 aliphatic rings. The van der Waals surface area contributed by atoms with Crippen molar-refractivity contribution < 1.29 is 19.2 Å². The minimum absolute atomic E-state index is 0.156. The van der Waals surface area contributed by atoms with Crippen molar-refractivity contribution in [1.29, 1.82) is 0 Å². The average Bonchev–Trinajstić information content (AvgIpc) is 3.16. The Kier molecular flexibility index (Phi) is 3.60. The van der Waals surface area contributed by atoms with Gasteiger partial charge in [-0.05, 0) is 18.9 Å². The molecule has 0 amide bonds. The molecule has 2 heterocycles. The van der Waals surface area contributed by atoms with Crippen molar-refractivity contribution in [3.63, 3.8) is 0 Å². The van der Waals surface area contributed by atoms with Gasteiger partial charge in [-0.3, -0.25) is 0 Å². The molecule has 2 aromatic heterocycles. The van der Waals surface area contributed by atoms with E-state index in [-0.39, 0.29) is 11.5 Å². The van der Waals surface area contributed by atoms with Crippen molar-refractivity contribution >= 4 is 5.97 Å². The van der Waals surface area contributed by atoms with Crippen molar-refractivity contribution in [2.75, 3.05) is 7.11 Å². The number of hydrogen-bond acceptors (Lipinski definition) is 5. The number of rotatable bonds is 4. The number of nitrogens with zero attached hydrogens (tertiary/aromatic N) is 2. The maximum absolute atomic E-state index is 11.6. The molecule has 3 rings (SSSR count). The third kappa shape index (κ3) is 2.49. The molecule has 1 fully saturated rings. The fraction of sp³-hybridized carbons (Fsp3) is 0.400. The summed E-state index contributed by atoms with van der Waals surface area (Å²) in [4.78, 5) is 15.7. The SMILES string of the molecule is COc1ccc(-c2noc(C3CCCC3)c2C(=O)O)cn1. The highest BCUT2D eigenvalue weighted by Gasteiger charge is 2.30. The molecule has 0 radical (unpaired) electrons. The van der Waals surface area contributed by atoms with Gasteiger partial charge in [0.2, 0.25) is 5.88 Å². The average molecular weight is 288 g/mol. The van der Waals surface area contributed by atoms with Gasteiger partial charge in [0.25, 0.3) is 0 Å². The van der Waals surface area contributed by atoms with E-state index in [9.17, 15) is 9.90 Å². The van der Waals surface area contributed by atoms with Gasteiger partial charge in [0.1, 0.15) is 11.3 Å². The van der Waals surface area contributed by atoms with Crippen LogP contribution in [0.2, 0.25) is 0 Å². The van der Waals surface area contributed by atoms with Gasteiger partial charge >= 0.3 is 5.97 Å². The van der Waals surface area contributed by atoms with E-state index in [2.05, 4.69) is 10.1 Å². The summed E-state index contributed by atoms with van der Waals surface area (Å²) < 4.78 is 10.4. The molecule has 0 unspecified atom stereocenters. The number of carboxylic acid groups (broad SMARTS) is 1. The summed E-state index contributed by atoms with van der Waals surface area (Å²) in [5.41, 5.74) is 1.11. The van der Waals surface area contributed by atoms with Gasteiger partial charge in [0.15, 0.2) is 5.76 Å². The number of aromatic nitrogens is 2. The molecule has 2 aromatic rings. The lowest BCUT2D eigenvalue weighted by Gasteiger charge is -2.05. The molecule has 6 nitrogen and oxygen atoms in total. The van der Waals surface area contributed by atoms with Crippen molar-refractivity contribution in [3.05, 3.63) is 29.7 Å². The first kappa shape index (κ1) is 13.6. The van der Waals surface area contributed by atoms with Crippen LogP contribution in [0, 0.1) is 0 Å². The summed E-state index contributed by atoms with van der Waals surface area (Å²) in [5, 5.41) is 13.5. The third-order valence-corrected chi connectivity index (χ3v) is 3.88. The Morgan fingerprint density at radius 2 is 2.14 bits per heavy atom. The number of ether oxygens (including phenoxy) is 1. The van der Waals surface area contributed by atoms with E-state index in [0.717, 1.165) is 25.7 Å². The van der Waals surface area contributed by atoms with E-state index < -0.39 is 5.97 Å². The van der Waals surface area contributed by atoms with Gasteiger partial charge in [-0.1, -0.05) is 18.0 Å². The van der Waals surface area contributed by atoms with Crippen molar-refractivity contribution in [2.45, 2.75) is 31.6 Å². The second-order valence-electron chi connectivity index (χ2n) is 5.15. The molecule has 0 atom stereocenters. The van der Waals surface area contributed by atoms with E-state index >= 15 is 0 Å². The molecule has 1 N–H and O–H groups in total. The zero-order chi connectivity index (χ0) is 14.8. The van der Waals surface area contributed by atoms with Crippen molar-refractivity contribution in [3.8, 4) is 17.1 Å². The van der Waals surface area contributed by atoms with Gasteiger partial charge in [0, 0.05) is 23.7 Å². The first-order valence-corrected chi connectivity index (χ1v) is 6.94. The first-order valence-electron chi connectivity index (χ1n) is 6.94. The zero-order valence-electron chi connectivity index (χ0n) is 11.7. The van der Waals surface area contributed by atoms with Gasteiger partial charge in [-0.2, -0.15) is 0 Å². The fourth-order valence-electron chi connectivity index (χ4n) is 2.81. The van der Waals surface area contributed by atoms with Crippen LogP contribution >= 0.6 is 0 Å². The van der Waals surface area contributed by atoms with Gasteiger partial charge in [-0.15, -0.1) is 0 Å². The minimum Gasteiger partial charge on any atom is -0.481 e. The minimum atomic E-state index is -1.01. The predicted octanol–water partition coefficient (Wildman–Crippen LogP) is 3.10. The Hall–Kier alpha value is -2.37. The Balaban J connectivity index is 2.03. The molecule has 0 aromatic carbocycles. The third-order valence-electron chi connectivity index (χ3n) is 3.88. The van der Waals surface area contributed by atoms with Crippen LogP contribution in [0.3, 0.4) is 0 Å². The van der Waals surface area contributed by atoms with Gasteiger partial charge in [0.05, 0.1) is 7.11 Å². The Labute approximate surface area is 121 Å². The summed E-state index contributed by atoms with van der Waals surface area (Å²) in [6, 6.07) is 3.40. The molecule has 1 aliphatic carbocycles. The van der Waals surface area contributed by atoms with Gasteiger partial charge < -0.3 is 14.4 Å². The van der Waals surface area contributed by atoms with Crippen LogP contribution in [0.4, 0.5) is 0 Å². The van der Waals surface area contributed by atoms with Crippen LogP contribution in [0.15, 0.2) is 22.9 Å². The molecule has 0 bridgehead atoms. The van der Waals surface area contributed by atoms with Crippen molar-refractivity contribution in [1.82, 2.24) is 10.1 Å². The van der Waals surface area contributed by atoms with Crippen LogP contribution in [0.25, 0.3) is 11.3 Å². The van der Waals surface area contributed by atoms with E-state index in [1.807, 2.05) is 0 Å². The van der Waals surface area contributed by atoms with E-state index in [1.54, 1.807) is 18.3 Å². The lowest BCUT2D eigenvalue weighted by molar-refractivity contribution is 0.0694. The van der Waals surface area contributed by atoms with Crippen LogP contribution in [-0.4, -0.2) is 28.3 Å². The number of aromatic carboxylic acids is 1. The van der Waals surface area contributed by atoms with Crippen molar-refractivity contribution in [2.24, 2.45) is 0 Å². The largest absolute Gasteiger partial charge is 0.481 e. The molecular weight excluding hydrogens is 272 g/mol. The second kappa shape index (κ2) is 5.55. The van der Waals surface area contributed by atoms with Crippen LogP contribution < -0.4 is 4.74 Å². The van der Waals surface area contributed by atoms with E-state index in [0.29, 0.717) is 22.9 Å². The lowest BCUT2D eigenvalue weighted by atomic mass is 9.98. The smallest absolute Gasteiger partial charge is 0.341 e. The molecule has 110 valence electrons. The first-order chi connectivity index (χ1) is 10.2. The Morgan fingerprint density at radius 1 is 1.38 bits per heavy atom. The molecule has 0 saturated heterocycles. The molecule has 1 saturated carbocycles. The standard InChI is InChI=1S/C15H16N2O4/c1-20-11-7-6-10(8-16-11)13-12(15(18)19)14(21-17-13)9-4-2-3-5-9/h6-9H,2-5H2,1H3,(H,18,19). The molecular formula is C15H16N2O4. The number of carboxylic acids is 1. The Bertz CT molecular complexity index is 642. The molecule has 0 aliphatic heterocycles. The summed E-state index contributed by atoms with van der Waals surface area (Å²) in [7, 11) is 1.53. The lowest BCUT2D eigenvalue weighted by Crippen LogP contribution is -2.04. The number of hydrogen-bond donors (Lipinski definition) is 1. The van der Waals surface area contributed by atoms with Gasteiger partial charge in [-0.25, -0.2) is 9.78 Å². The molecule has 6 heteroatoms. The summed E-state index contributed by atoms with van der Waals surface area (Å²) in [6.07, 6.45) is 5.65. The van der Waals surface area contributed by atoms with E-state index in [1.165, 1.54) is 7.11 Å². The number of methoxy groups -OCH3 is 1. The van der Waals surface area contributed by atoms with E-state index in [4.69, 9.17) is 9.26 Å².